The minimum Gasteiger partial charge on any atom is -0.477 e. The number of anilines is 2. The number of piperazine rings is 1. The molecule has 11 nitrogen and oxygen atoms in total. The van der Waals surface area contributed by atoms with Crippen LogP contribution in [0.25, 0.3) is 17.2 Å². The van der Waals surface area contributed by atoms with Gasteiger partial charge in [-0.2, -0.15) is 22.7 Å². The van der Waals surface area contributed by atoms with Gasteiger partial charge in [-0.15, -0.1) is 5.10 Å². The SMILES string of the molecule is CCc1c(N2CCNCC2)c(=O)n2nc(-c3cnc4c(c3)CCCO4)nc2n1CC(=O)Nc1ccc(C(F)(F)F)cc1Cl. The number of nitrogens with zero attached hydrogens (tertiary/aromatic N) is 6. The largest absolute Gasteiger partial charge is 0.477 e. The molecule has 0 aliphatic carbocycles. The van der Waals surface area contributed by atoms with Crippen LogP contribution in [0.5, 0.6) is 5.88 Å². The van der Waals surface area contributed by atoms with Gasteiger partial charge in [0, 0.05) is 43.5 Å². The van der Waals surface area contributed by atoms with Crippen LogP contribution in [-0.4, -0.2) is 62.8 Å². The first-order valence-corrected chi connectivity index (χ1v) is 14.3. The molecule has 1 saturated heterocycles. The highest BCUT2D eigenvalue weighted by Gasteiger charge is 2.31. The molecule has 1 amide bonds. The van der Waals surface area contributed by atoms with Gasteiger partial charge in [0.1, 0.15) is 12.2 Å². The Morgan fingerprint density at radius 2 is 2.00 bits per heavy atom. The number of pyridine rings is 1. The Bertz CT molecular complexity index is 1760. The highest BCUT2D eigenvalue weighted by molar-refractivity contribution is 6.33. The van der Waals surface area contributed by atoms with Gasteiger partial charge in [-0.1, -0.05) is 18.5 Å². The van der Waals surface area contributed by atoms with E-state index >= 15 is 0 Å². The minimum absolute atomic E-state index is 0.0293. The van der Waals surface area contributed by atoms with Crippen molar-refractivity contribution < 1.29 is 22.7 Å². The maximum atomic E-state index is 13.9. The summed E-state index contributed by atoms with van der Waals surface area (Å²) in [5.41, 5.74) is 1.27. The number of carbonyl (C=O) groups is 1. The number of hydrogen-bond acceptors (Lipinski definition) is 8. The summed E-state index contributed by atoms with van der Waals surface area (Å²) in [5.74, 6) is 0.410. The van der Waals surface area contributed by atoms with Crippen molar-refractivity contribution >= 4 is 34.7 Å². The van der Waals surface area contributed by atoms with Gasteiger partial charge in [0.25, 0.3) is 5.56 Å². The quantitative estimate of drug-likeness (QED) is 0.338. The third kappa shape index (κ3) is 5.64. The molecule has 2 aliphatic heterocycles. The van der Waals surface area contributed by atoms with Gasteiger partial charge in [-0.05, 0) is 43.5 Å². The number of aryl methyl sites for hydroxylation is 1. The first-order chi connectivity index (χ1) is 20.6. The van der Waals surface area contributed by atoms with Crippen LogP contribution < -0.4 is 25.8 Å². The first-order valence-electron chi connectivity index (χ1n) is 13.9. The van der Waals surface area contributed by atoms with Crippen molar-refractivity contribution in [1.82, 2.24) is 29.5 Å². The summed E-state index contributed by atoms with van der Waals surface area (Å²) in [6, 6.07) is 4.61. The van der Waals surface area contributed by atoms with E-state index in [1.54, 1.807) is 10.8 Å². The monoisotopic (exact) mass is 616 g/mol. The molecule has 0 unspecified atom stereocenters. The molecule has 2 aliphatic rings. The zero-order chi connectivity index (χ0) is 30.3. The average Bonchev–Trinajstić information content (AvgIpc) is 3.45. The summed E-state index contributed by atoms with van der Waals surface area (Å²) in [4.78, 5) is 38.3. The molecule has 0 bridgehead atoms. The lowest BCUT2D eigenvalue weighted by Crippen LogP contribution is -2.47. The number of aromatic nitrogens is 5. The summed E-state index contributed by atoms with van der Waals surface area (Å²) < 4.78 is 47.7. The fourth-order valence-corrected chi connectivity index (χ4v) is 5.65. The van der Waals surface area contributed by atoms with E-state index in [1.807, 2.05) is 17.9 Å². The molecule has 0 saturated carbocycles. The fraction of sp³-hybridized carbons (Fsp3) is 0.393. The zero-order valence-corrected chi connectivity index (χ0v) is 23.9. The number of amides is 1. The third-order valence-corrected chi connectivity index (χ3v) is 7.79. The second kappa shape index (κ2) is 11.5. The number of carbonyl (C=O) groups excluding carboxylic acids is 1. The van der Waals surface area contributed by atoms with Crippen LogP contribution >= 0.6 is 11.6 Å². The smallest absolute Gasteiger partial charge is 0.416 e. The summed E-state index contributed by atoms with van der Waals surface area (Å²) in [6.07, 6.45) is -0.941. The van der Waals surface area contributed by atoms with Crippen molar-refractivity contribution in [3.05, 3.63) is 62.7 Å². The van der Waals surface area contributed by atoms with E-state index in [0.717, 1.165) is 36.6 Å². The lowest BCUT2D eigenvalue weighted by molar-refractivity contribution is -0.137. The molecule has 3 aromatic heterocycles. The van der Waals surface area contributed by atoms with Crippen LogP contribution in [0.15, 0.2) is 35.3 Å². The molecule has 2 N–H and O–H groups in total. The first kappa shape index (κ1) is 28.9. The van der Waals surface area contributed by atoms with E-state index in [9.17, 15) is 22.8 Å². The summed E-state index contributed by atoms with van der Waals surface area (Å²) in [6.45, 7) is 4.70. The Kier molecular flexibility index (Phi) is 7.73. The number of alkyl halides is 3. The number of benzene rings is 1. The molecule has 6 rings (SSSR count). The second-order valence-corrected chi connectivity index (χ2v) is 10.7. The van der Waals surface area contributed by atoms with Crippen molar-refractivity contribution in [3.8, 4) is 17.3 Å². The predicted molar refractivity (Wildman–Crippen MR) is 154 cm³/mol. The highest BCUT2D eigenvalue weighted by atomic mass is 35.5. The Balaban J connectivity index is 1.43. The average molecular weight is 617 g/mol. The summed E-state index contributed by atoms with van der Waals surface area (Å²) in [7, 11) is 0. The molecule has 0 atom stereocenters. The maximum absolute atomic E-state index is 13.9. The maximum Gasteiger partial charge on any atom is 0.416 e. The zero-order valence-electron chi connectivity index (χ0n) is 23.2. The number of hydrogen-bond donors (Lipinski definition) is 2. The molecule has 0 spiro atoms. The number of rotatable bonds is 6. The lowest BCUT2D eigenvalue weighted by atomic mass is 10.1. The van der Waals surface area contributed by atoms with Crippen LogP contribution in [-0.2, 0) is 30.4 Å². The van der Waals surface area contributed by atoms with Gasteiger partial charge in [-0.25, -0.2) is 4.98 Å². The predicted octanol–water partition coefficient (Wildman–Crippen LogP) is 3.56. The van der Waals surface area contributed by atoms with Crippen molar-refractivity contribution in [1.29, 1.82) is 0 Å². The van der Waals surface area contributed by atoms with Gasteiger partial charge in [-0.3, -0.25) is 9.59 Å². The lowest BCUT2D eigenvalue weighted by Gasteiger charge is -2.31. The molecule has 1 aromatic carbocycles. The molecule has 43 heavy (non-hydrogen) atoms. The van der Waals surface area contributed by atoms with Crippen LogP contribution in [0.4, 0.5) is 24.5 Å². The van der Waals surface area contributed by atoms with E-state index < -0.39 is 17.6 Å². The second-order valence-electron chi connectivity index (χ2n) is 10.3. The number of fused-ring (bicyclic) bond motifs is 2. The van der Waals surface area contributed by atoms with Crippen molar-refractivity contribution in [2.24, 2.45) is 0 Å². The van der Waals surface area contributed by atoms with Gasteiger partial charge in [0.05, 0.1) is 28.6 Å². The summed E-state index contributed by atoms with van der Waals surface area (Å²) in [5, 5.41) is 10.2. The van der Waals surface area contributed by atoms with Gasteiger partial charge in [0.2, 0.25) is 17.6 Å². The van der Waals surface area contributed by atoms with E-state index in [0.29, 0.717) is 62.0 Å². The van der Waals surface area contributed by atoms with E-state index in [1.165, 1.54) is 4.52 Å². The minimum atomic E-state index is -4.57. The van der Waals surface area contributed by atoms with Crippen LogP contribution in [0.2, 0.25) is 5.02 Å². The standard InChI is InChI=1S/C28H28ClF3N8O3/c1-2-21-23(38-9-7-33-8-10-38)26(42)40-27(36-24(37-40)17-12-16-4-3-11-43-25(16)34-14-17)39(21)15-22(41)35-20-6-5-18(13-19(20)29)28(30,31)32/h5-6,12-14,33H,2-4,7-11,15H2,1H3,(H,35,41). The van der Waals surface area contributed by atoms with E-state index in [-0.39, 0.29) is 34.4 Å². The topological polar surface area (TPSA) is 119 Å². The molecule has 0 radical (unpaired) electrons. The number of nitrogens with one attached hydrogen (secondary N) is 2. The van der Waals surface area contributed by atoms with Crippen LogP contribution in [0.3, 0.4) is 0 Å². The van der Waals surface area contributed by atoms with Gasteiger partial charge < -0.3 is 24.8 Å². The Labute approximate surface area is 248 Å². The number of halogens is 4. The van der Waals surface area contributed by atoms with Crippen LogP contribution in [0.1, 0.15) is 30.2 Å². The van der Waals surface area contributed by atoms with Crippen LogP contribution in [0, 0.1) is 0 Å². The molecule has 4 aromatic rings. The number of ether oxygens (including phenoxy) is 1. The van der Waals surface area contributed by atoms with Gasteiger partial charge >= 0.3 is 6.18 Å². The van der Waals surface area contributed by atoms with E-state index in [2.05, 4.69) is 25.7 Å². The third-order valence-electron chi connectivity index (χ3n) is 7.48. The molecular formula is C28H28ClF3N8O3. The Morgan fingerprint density at radius 3 is 2.72 bits per heavy atom. The van der Waals surface area contributed by atoms with Gasteiger partial charge in [0.15, 0.2) is 5.82 Å². The molecule has 15 heteroatoms. The van der Waals surface area contributed by atoms with Crippen molar-refractivity contribution in [3.63, 3.8) is 0 Å². The molecule has 1 fully saturated rings. The molecule has 226 valence electrons. The molecule has 5 heterocycles. The Hall–Kier alpha value is -4.17. The van der Waals surface area contributed by atoms with Crippen molar-refractivity contribution in [2.45, 2.75) is 38.9 Å². The van der Waals surface area contributed by atoms with E-state index in [4.69, 9.17) is 16.3 Å². The normalized spacial score (nSPS) is 15.3. The summed E-state index contributed by atoms with van der Waals surface area (Å²) >= 11 is 6.09. The Morgan fingerprint density at radius 1 is 1.21 bits per heavy atom. The molecular weight excluding hydrogens is 589 g/mol. The van der Waals surface area contributed by atoms with Crippen molar-refractivity contribution in [2.75, 3.05) is 43.0 Å². The highest BCUT2D eigenvalue weighted by Crippen LogP contribution is 2.34. The fourth-order valence-electron chi connectivity index (χ4n) is 5.43.